The lowest BCUT2D eigenvalue weighted by atomic mass is 10.1. The molecular weight excluding hydrogens is 172 g/mol. The van der Waals surface area contributed by atoms with Gasteiger partial charge in [-0.1, -0.05) is 6.08 Å². The molecule has 2 nitrogen and oxygen atoms in total. The second-order valence-corrected chi connectivity index (χ2v) is 3.61. The van der Waals surface area contributed by atoms with Crippen molar-refractivity contribution in [2.24, 2.45) is 0 Å². The molecule has 0 fully saturated rings. The molecule has 1 heterocycles. The number of allylic oxidation sites excluding steroid dienone is 1. The van der Waals surface area contributed by atoms with E-state index in [1.165, 1.54) is 16.6 Å². The first-order chi connectivity index (χ1) is 6.72. The molecule has 14 heavy (non-hydrogen) atoms. The van der Waals surface area contributed by atoms with Crippen LogP contribution in [0.5, 0.6) is 0 Å². The first kappa shape index (κ1) is 9.00. The van der Waals surface area contributed by atoms with Crippen molar-refractivity contribution in [1.29, 1.82) is 0 Å². The molecule has 0 saturated heterocycles. The first-order valence-electron chi connectivity index (χ1n) is 4.75. The fraction of sp³-hybridized carbons (Fsp3) is 0.250. The van der Waals surface area contributed by atoms with Crippen LogP contribution < -0.4 is 0 Å². The van der Waals surface area contributed by atoms with Crippen molar-refractivity contribution in [2.45, 2.75) is 20.4 Å². The number of hydrogen-bond donors (Lipinski definition) is 0. The summed E-state index contributed by atoms with van der Waals surface area (Å²) >= 11 is 0. The highest BCUT2D eigenvalue weighted by atomic mass is 15.0. The van der Waals surface area contributed by atoms with E-state index in [0.29, 0.717) is 0 Å². The number of benzene rings is 1. The third-order valence-corrected chi connectivity index (χ3v) is 2.56. The molecule has 0 atom stereocenters. The maximum atomic E-state index is 4.35. The summed E-state index contributed by atoms with van der Waals surface area (Å²) in [7, 11) is 0. The number of nitrogens with zero attached hydrogens (tertiary/aromatic N) is 2. The fourth-order valence-corrected chi connectivity index (χ4v) is 1.60. The van der Waals surface area contributed by atoms with Gasteiger partial charge in [-0.05, 0) is 37.1 Å². The Morgan fingerprint density at radius 2 is 2.07 bits per heavy atom. The van der Waals surface area contributed by atoms with Crippen molar-refractivity contribution in [2.75, 3.05) is 0 Å². The topological polar surface area (TPSA) is 17.8 Å². The van der Waals surface area contributed by atoms with Gasteiger partial charge in [0.15, 0.2) is 0 Å². The van der Waals surface area contributed by atoms with Gasteiger partial charge in [0.05, 0.1) is 17.4 Å². The van der Waals surface area contributed by atoms with Gasteiger partial charge in [0.1, 0.15) is 0 Å². The van der Waals surface area contributed by atoms with Gasteiger partial charge in [-0.3, -0.25) is 0 Å². The van der Waals surface area contributed by atoms with E-state index < -0.39 is 0 Å². The van der Waals surface area contributed by atoms with Gasteiger partial charge in [-0.15, -0.1) is 6.58 Å². The molecule has 0 aliphatic heterocycles. The van der Waals surface area contributed by atoms with Crippen molar-refractivity contribution in [3.8, 4) is 0 Å². The second-order valence-electron chi connectivity index (χ2n) is 3.61. The molecule has 0 radical (unpaired) electrons. The Morgan fingerprint density at radius 3 is 2.79 bits per heavy atom. The van der Waals surface area contributed by atoms with Crippen LogP contribution in [0.15, 0.2) is 31.1 Å². The van der Waals surface area contributed by atoms with Gasteiger partial charge in [0.2, 0.25) is 0 Å². The average Bonchev–Trinajstić information content (AvgIpc) is 2.51. The van der Waals surface area contributed by atoms with Gasteiger partial charge in [-0.25, -0.2) is 4.98 Å². The summed E-state index contributed by atoms with van der Waals surface area (Å²) in [5, 5.41) is 0. The maximum Gasteiger partial charge on any atom is 0.0961 e. The molecular formula is C12H14N2. The maximum absolute atomic E-state index is 4.35. The fourth-order valence-electron chi connectivity index (χ4n) is 1.60. The van der Waals surface area contributed by atoms with Gasteiger partial charge in [0.25, 0.3) is 0 Å². The van der Waals surface area contributed by atoms with Gasteiger partial charge >= 0.3 is 0 Å². The SMILES string of the molecule is C=CCn1cnc2cc(C)c(C)cc21. The molecule has 2 aromatic rings. The van der Waals surface area contributed by atoms with Crippen LogP contribution in [0.4, 0.5) is 0 Å². The summed E-state index contributed by atoms with van der Waals surface area (Å²) in [6.45, 7) is 8.79. The zero-order valence-electron chi connectivity index (χ0n) is 8.62. The van der Waals surface area contributed by atoms with E-state index in [0.717, 1.165) is 12.1 Å². The number of aromatic nitrogens is 2. The summed E-state index contributed by atoms with van der Waals surface area (Å²) in [4.78, 5) is 4.35. The molecule has 1 aromatic carbocycles. The van der Waals surface area contributed by atoms with E-state index in [1.54, 1.807) is 0 Å². The molecule has 0 unspecified atom stereocenters. The summed E-state index contributed by atoms with van der Waals surface area (Å²) in [5.74, 6) is 0. The highest BCUT2D eigenvalue weighted by molar-refractivity contribution is 5.77. The van der Waals surface area contributed by atoms with E-state index >= 15 is 0 Å². The molecule has 0 aliphatic carbocycles. The van der Waals surface area contributed by atoms with Crippen LogP contribution in [0.2, 0.25) is 0 Å². The number of aryl methyl sites for hydroxylation is 2. The molecule has 0 bridgehead atoms. The van der Waals surface area contributed by atoms with E-state index in [9.17, 15) is 0 Å². The van der Waals surface area contributed by atoms with Crippen molar-refractivity contribution in [1.82, 2.24) is 9.55 Å². The molecule has 0 amide bonds. The Morgan fingerprint density at radius 1 is 1.36 bits per heavy atom. The summed E-state index contributed by atoms with van der Waals surface area (Å²) in [6.07, 6.45) is 3.75. The smallest absolute Gasteiger partial charge is 0.0961 e. The Labute approximate surface area is 83.9 Å². The lowest BCUT2D eigenvalue weighted by Gasteiger charge is -2.02. The average molecular weight is 186 g/mol. The molecule has 2 heteroatoms. The Bertz CT molecular complexity index is 480. The number of imidazole rings is 1. The predicted molar refractivity (Wildman–Crippen MR) is 59.4 cm³/mol. The lowest BCUT2D eigenvalue weighted by molar-refractivity contribution is 0.851. The first-order valence-corrected chi connectivity index (χ1v) is 4.75. The van der Waals surface area contributed by atoms with Crippen LogP contribution in [-0.2, 0) is 6.54 Å². The van der Waals surface area contributed by atoms with Crippen LogP contribution in [0.25, 0.3) is 11.0 Å². The molecule has 0 aliphatic rings. The van der Waals surface area contributed by atoms with Crippen LogP contribution in [-0.4, -0.2) is 9.55 Å². The van der Waals surface area contributed by atoms with Gasteiger partial charge < -0.3 is 4.57 Å². The van der Waals surface area contributed by atoms with E-state index in [1.807, 2.05) is 12.4 Å². The van der Waals surface area contributed by atoms with E-state index in [2.05, 4.69) is 42.1 Å². The van der Waals surface area contributed by atoms with Crippen molar-refractivity contribution in [3.05, 3.63) is 42.2 Å². The summed E-state index contributed by atoms with van der Waals surface area (Å²) in [6, 6.07) is 4.31. The minimum absolute atomic E-state index is 0.818. The minimum Gasteiger partial charge on any atom is -0.327 e. The van der Waals surface area contributed by atoms with Crippen LogP contribution >= 0.6 is 0 Å². The van der Waals surface area contributed by atoms with Crippen molar-refractivity contribution >= 4 is 11.0 Å². The summed E-state index contributed by atoms with van der Waals surface area (Å²) < 4.78 is 2.11. The van der Waals surface area contributed by atoms with Crippen LogP contribution in [0, 0.1) is 13.8 Å². The molecule has 1 aromatic heterocycles. The standard InChI is InChI=1S/C12H14N2/c1-4-5-14-8-13-11-6-9(2)10(3)7-12(11)14/h4,6-8H,1,5H2,2-3H3. The van der Waals surface area contributed by atoms with Gasteiger partial charge in [0, 0.05) is 6.54 Å². The van der Waals surface area contributed by atoms with Crippen molar-refractivity contribution in [3.63, 3.8) is 0 Å². The molecule has 0 saturated carbocycles. The molecule has 0 N–H and O–H groups in total. The minimum atomic E-state index is 0.818. The van der Waals surface area contributed by atoms with Crippen molar-refractivity contribution < 1.29 is 0 Å². The van der Waals surface area contributed by atoms with Gasteiger partial charge in [-0.2, -0.15) is 0 Å². The van der Waals surface area contributed by atoms with Crippen LogP contribution in [0.3, 0.4) is 0 Å². The third kappa shape index (κ3) is 1.33. The normalized spacial score (nSPS) is 10.7. The largest absolute Gasteiger partial charge is 0.327 e. The third-order valence-electron chi connectivity index (χ3n) is 2.56. The Hall–Kier alpha value is -1.57. The van der Waals surface area contributed by atoms with E-state index in [-0.39, 0.29) is 0 Å². The molecule has 2 rings (SSSR count). The Balaban J connectivity index is 2.67. The highest BCUT2D eigenvalue weighted by Gasteiger charge is 2.03. The lowest BCUT2D eigenvalue weighted by Crippen LogP contribution is -1.92. The van der Waals surface area contributed by atoms with E-state index in [4.69, 9.17) is 0 Å². The Kier molecular flexibility index (Phi) is 2.12. The molecule has 0 spiro atoms. The monoisotopic (exact) mass is 186 g/mol. The number of fused-ring (bicyclic) bond motifs is 1. The number of hydrogen-bond acceptors (Lipinski definition) is 1. The predicted octanol–water partition coefficient (Wildman–Crippen LogP) is 2.84. The number of rotatable bonds is 2. The second kappa shape index (κ2) is 3.29. The highest BCUT2D eigenvalue weighted by Crippen LogP contribution is 2.18. The zero-order chi connectivity index (χ0) is 10.1. The van der Waals surface area contributed by atoms with Crippen LogP contribution in [0.1, 0.15) is 11.1 Å². The summed E-state index contributed by atoms with van der Waals surface area (Å²) in [5.41, 5.74) is 4.85. The zero-order valence-corrected chi connectivity index (χ0v) is 8.62. The quantitative estimate of drug-likeness (QED) is 0.659. The molecule has 72 valence electrons.